The van der Waals surface area contributed by atoms with Crippen molar-refractivity contribution in [2.75, 3.05) is 20.1 Å². The Balaban J connectivity index is 1.75. The molecule has 0 aliphatic heterocycles. The number of aromatic nitrogens is 1. The van der Waals surface area contributed by atoms with Gasteiger partial charge >= 0.3 is 0 Å². The van der Waals surface area contributed by atoms with Crippen LogP contribution in [0.5, 0.6) is 5.75 Å². The molecule has 0 aliphatic carbocycles. The molecule has 0 aliphatic rings. The number of amides is 1. The van der Waals surface area contributed by atoms with E-state index in [0.29, 0.717) is 36.7 Å². The Hall–Kier alpha value is -3.26. The third-order valence-corrected chi connectivity index (χ3v) is 5.80. The molecule has 2 N–H and O–H groups in total. The van der Waals surface area contributed by atoms with Gasteiger partial charge in [-0.05, 0) is 49.6 Å². The number of likely N-dealkylation sites (N-methyl/N-ethyl adjacent to an activating group) is 1. The SMILES string of the molecule is CNC(=O)CN(CCc1nc(-c2ccc(C(C)(F)F)cc2)oc1C)Cc1cc(C)c(O)c(C)c1. The summed E-state index contributed by atoms with van der Waals surface area (Å²) < 4.78 is 32.8. The standard InChI is InChI=1S/C26H31F2N3O3/c1-16-12-19(13-17(2)24(16)33)14-31(15-23(32)29-5)11-10-22-18(3)34-25(30-22)20-6-8-21(9-7-20)26(4,27)28/h6-9,12-13,33H,10-11,14-15H2,1-5H3,(H,29,32). The molecule has 1 aromatic heterocycles. The Morgan fingerprint density at radius 1 is 1.15 bits per heavy atom. The van der Waals surface area contributed by atoms with Crippen molar-refractivity contribution in [3.63, 3.8) is 0 Å². The first-order valence-electron chi connectivity index (χ1n) is 11.1. The van der Waals surface area contributed by atoms with Crippen LogP contribution >= 0.6 is 0 Å². The predicted molar refractivity (Wildman–Crippen MR) is 127 cm³/mol. The number of aryl methyl sites for hydroxylation is 3. The fraction of sp³-hybridized carbons (Fsp3) is 0.385. The third-order valence-electron chi connectivity index (χ3n) is 5.80. The number of carbonyl (C=O) groups excluding carboxylic acids is 1. The van der Waals surface area contributed by atoms with Crippen LogP contribution in [0.3, 0.4) is 0 Å². The van der Waals surface area contributed by atoms with E-state index >= 15 is 0 Å². The van der Waals surface area contributed by atoms with E-state index in [-0.39, 0.29) is 23.8 Å². The van der Waals surface area contributed by atoms with Gasteiger partial charge in [-0.1, -0.05) is 24.3 Å². The molecular formula is C26H31F2N3O3. The van der Waals surface area contributed by atoms with Crippen molar-refractivity contribution in [2.45, 2.75) is 46.6 Å². The lowest BCUT2D eigenvalue weighted by molar-refractivity contribution is -0.121. The number of nitrogens with zero attached hydrogens (tertiary/aromatic N) is 2. The van der Waals surface area contributed by atoms with E-state index in [4.69, 9.17) is 4.42 Å². The zero-order chi connectivity index (χ0) is 25.0. The van der Waals surface area contributed by atoms with Gasteiger partial charge in [0.2, 0.25) is 11.8 Å². The second-order valence-electron chi connectivity index (χ2n) is 8.70. The van der Waals surface area contributed by atoms with E-state index in [2.05, 4.69) is 10.3 Å². The number of hydrogen-bond acceptors (Lipinski definition) is 5. The minimum Gasteiger partial charge on any atom is -0.507 e. The van der Waals surface area contributed by atoms with Crippen LogP contribution in [0.4, 0.5) is 8.78 Å². The molecule has 34 heavy (non-hydrogen) atoms. The van der Waals surface area contributed by atoms with Gasteiger partial charge in [-0.25, -0.2) is 13.8 Å². The maximum atomic E-state index is 13.5. The predicted octanol–water partition coefficient (Wildman–Crippen LogP) is 4.87. The number of rotatable bonds is 9. The summed E-state index contributed by atoms with van der Waals surface area (Å²) in [6.45, 7) is 7.68. The molecule has 3 aromatic rings. The number of benzene rings is 2. The third kappa shape index (κ3) is 6.20. The molecule has 1 heterocycles. The summed E-state index contributed by atoms with van der Waals surface area (Å²) in [6, 6.07) is 9.75. The number of nitrogens with one attached hydrogen (secondary N) is 1. The highest BCUT2D eigenvalue weighted by Crippen LogP contribution is 2.30. The highest BCUT2D eigenvalue weighted by Gasteiger charge is 2.24. The molecule has 0 radical (unpaired) electrons. The van der Waals surface area contributed by atoms with Crippen LogP contribution in [0.1, 0.15) is 40.6 Å². The van der Waals surface area contributed by atoms with Crippen LogP contribution in [0.15, 0.2) is 40.8 Å². The average molecular weight is 472 g/mol. The Morgan fingerprint density at radius 3 is 2.32 bits per heavy atom. The van der Waals surface area contributed by atoms with Crippen LogP contribution < -0.4 is 5.32 Å². The quantitative estimate of drug-likeness (QED) is 0.465. The fourth-order valence-electron chi connectivity index (χ4n) is 3.84. The largest absolute Gasteiger partial charge is 0.507 e. The number of phenols is 1. The minimum atomic E-state index is -2.90. The molecule has 2 aromatic carbocycles. The van der Waals surface area contributed by atoms with Gasteiger partial charge in [-0.2, -0.15) is 0 Å². The van der Waals surface area contributed by atoms with Crippen LogP contribution in [0, 0.1) is 20.8 Å². The van der Waals surface area contributed by atoms with Crippen LogP contribution in [0.2, 0.25) is 0 Å². The van der Waals surface area contributed by atoms with Crippen molar-refractivity contribution >= 4 is 5.91 Å². The van der Waals surface area contributed by atoms with Gasteiger partial charge in [0.1, 0.15) is 11.5 Å². The molecule has 1 amide bonds. The Morgan fingerprint density at radius 2 is 1.76 bits per heavy atom. The summed E-state index contributed by atoms with van der Waals surface area (Å²) >= 11 is 0. The smallest absolute Gasteiger partial charge is 0.270 e. The van der Waals surface area contributed by atoms with E-state index < -0.39 is 5.92 Å². The maximum Gasteiger partial charge on any atom is 0.270 e. The van der Waals surface area contributed by atoms with Crippen molar-refractivity contribution in [1.82, 2.24) is 15.2 Å². The first kappa shape index (κ1) is 25.4. The number of carbonyl (C=O) groups is 1. The Kier molecular flexibility index (Phi) is 7.71. The van der Waals surface area contributed by atoms with Gasteiger partial charge in [0.25, 0.3) is 5.92 Å². The topological polar surface area (TPSA) is 78.6 Å². The van der Waals surface area contributed by atoms with Crippen molar-refractivity contribution in [2.24, 2.45) is 0 Å². The minimum absolute atomic E-state index is 0.0655. The summed E-state index contributed by atoms with van der Waals surface area (Å²) in [7, 11) is 1.60. The lowest BCUT2D eigenvalue weighted by Gasteiger charge is -2.22. The molecule has 0 bridgehead atoms. The van der Waals surface area contributed by atoms with Crippen molar-refractivity contribution < 1.29 is 23.1 Å². The fourth-order valence-corrected chi connectivity index (χ4v) is 3.84. The first-order chi connectivity index (χ1) is 16.0. The molecule has 8 heteroatoms. The molecule has 0 atom stereocenters. The van der Waals surface area contributed by atoms with Gasteiger partial charge < -0.3 is 14.8 Å². The molecule has 182 valence electrons. The molecule has 0 saturated heterocycles. The van der Waals surface area contributed by atoms with E-state index in [1.807, 2.05) is 37.8 Å². The highest BCUT2D eigenvalue weighted by atomic mass is 19.3. The van der Waals surface area contributed by atoms with Gasteiger partial charge in [-0.3, -0.25) is 9.69 Å². The lowest BCUT2D eigenvalue weighted by Crippen LogP contribution is -2.36. The summed E-state index contributed by atoms with van der Waals surface area (Å²) in [6.07, 6.45) is 0.549. The van der Waals surface area contributed by atoms with Crippen LogP contribution in [-0.2, 0) is 23.7 Å². The number of aromatic hydroxyl groups is 1. The van der Waals surface area contributed by atoms with Crippen LogP contribution in [-0.4, -0.2) is 41.0 Å². The lowest BCUT2D eigenvalue weighted by atomic mass is 10.1. The summed E-state index contributed by atoms with van der Waals surface area (Å²) in [4.78, 5) is 18.7. The van der Waals surface area contributed by atoms with Crippen molar-refractivity contribution in [1.29, 1.82) is 0 Å². The number of oxazole rings is 1. The maximum absolute atomic E-state index is 13.5. The van der Waals surface area contributed by atoms with Gasteiger partial charge in [-0.15, -0.1) is 0 Å². The summed E-state index contributed by atoms with van der Waals surface area (Å²) in [5.41, 5.74) is 3.89. The van der Waals surface area contributed by atoms with Crippen molar-refractivity contribution in [3.05, 3.63) is 70.1 Å². The number of alkyl halides is 2. The number of phenolic OH excluding ortho intramolecular Hbond substituents is 1. The summed E-state index contributed by atoms with van der Waals surface area (Å²) in [5.74, 6) is -1.70. The van der Waals surface area contributed by atoms with Gasteiger partial charge in [0.05, 0.1) is 12.2 Å². The second kappa shape index (κ2) is 10.3. The second-order valence-corrected chi connectivity index (χ2v) is 8.70. The Labute approximate surface area is 198 Å². The monoisotopic (exact) mass is 471 g/mol. The molecule has 3 rings (SSSR count). The summed E-state index contributed by atoms with van der Waals surface area (Å²) in [5, 5.41) is 12.7. The normalized spacial score (nSPS) is 11.8. The molecule has 6 nitrogen and oxygen atoms in total. The van der Waals surface area contributed by atoms with E-state index in [9.17, 15) is 18.7 Å². The van der Waals surface area contributed by atoms with E-state index in [0.717, 1.165) is 29.3 Å². The highest BCUT2D eigenvalue weighted by molar-refractivity contribution is 5.77. The van der Waals surface area contributed by atoms with E-state index in [1.165, 1.54) is 12.1 Å². The van der Waals surface area contributed by atoms with Crippen LogP contribution in [0.25, 0.3) is 11.5 Å². The van der Waals surface area contributed by atoms with E-state index in [1.54, 1.807) is 19.2 Å². The van der Waals surface area contributed by atoms with Gasteiger partial charge in [0.15, 0.2) is 0 Å². The average Bonchev–Trinajstić information content (AvgIpc) is 3.15. The molecule has 0 spiro atoms. The molecule has 0 fully saturated rings. The van der Waals surface area contributed by atoms with Crippen molar-refractivity contribution in [3.8, 4) is 17.2 Å². The number of halogens is 2. The number of hydrogen-bond donors (Lipinski definition) is 2. The van der Waals surface area contributed by atoms with Gasteiger partial charge in [0, 0.05) is 44.6 Å². The zero-order valence-electron chi connectivity index (χ0n) is 20.2. The first-order valence-corrected chi connectivity index (χ1v) is 11.1. The molecule has 0 unspecified atom stereocenters. The molecule has 0 saturated carbocycles. The zero-order valence-corrected chi connectivity index (χ0v) is 20.2. The Bertz CT molecular complexity index is 1130. The molecular weight excluding hydrogens is 440 g/mol.